The molecule has 8 rings (SSSR count). The summed E-state index contributed by atoms with van der Waals surface area (Å²) in [7, 11) is 0. The van der Waals surface area contributed by atoms with Crippen molar-refractivity contribution in [3.63, 3.8) is 0 Å². The van der Waals surface area contributed by atoms with Crippen LogP contribution in [0.15, 0.2) is 109 Å². The lowest BCUT2D eigenvalue weighted by molar-refractivity contribution is 0.0484. The van der Waals surface area contributed by atoms with E-state index in [0.717, 1.165) is 112 Å². The van der Waals surface area contributed by atoms with Crippen molar-refractivity contribution in [2.24, 2.45) is 0 Å². The minimum atomic E-state index is -0.760. The van der Waals surface area contributed by atoms with Crippen molar-refractivity contribution in [1.82, 2.24) is 0 Å². The Morgan fingerprint density at radius 3 is 0.925 bits per heavy atom. The van der Waals surface area contributed by atoms with E-state index < -0.39 is 35.4 Å². The molecule has 0 saturated heterocycles. The minimum Gasteiger partial charge on any atom is -0.507 e. The standard InChI is InChI=1S/C68H74O12/c1-5-9-13-17-29-77-65(73)55-37-49-33-43(21-23-47(49)41-59(55)69)45-25-27-53-51(35-45)39-57(67(75)79-31-19-15-11-7-3)63(71)61(53)62-54-28-26-46(36-52(54)40-58(64(62)72)68(76)80-32-20-16-12-8-4)44-22-24-48-42-60(70)56(38-50(48)34-44)66(74)78-30-18-14-10-6-2/h21-28,33-42,69-72H,5-20,29-32H2,1-4H3. The molecule has 0 spiro atoms. The van der Waals surface area contributed by atoms with Gasteiger partial charge in [-0.05, 0) is 152 Å². The summed E-state index contributed by atoms with van der Waals surface area (Å²) >= 11 is 0. The molecule has 4 N–H and O–H groups in total. The zero-order valence-electron chi connectivity index (χ0n) is 46.6. The summed E-state index contributed by atoms with van der Waals surface area (Å²) < 4.78 is 22.7. The van der Waals surface area contributed by atoms with Gasteiger partial charge in [-0.2, -0.15) is 0 Å². The number of carbonyl (C=O) groups excluding carboxylic acids is 4. The molecule has 0 aliphatic rings. The first-order chi connectivity index (χ1) is 38.8. The van der Waals surface area contributed by atoms with Crippen molar-refractivity contribution < 1.29 is 58.6 Å². The molecular weight excluding hydrogens is 1010 g/mol. The Balaban J connectivity index is 1.25. The number of aromatic hydroxyl groups is 4. The number of benzene rings is 8. The molecule has 0 aliphatic heterocycles. The number of hydrogen-bond acceptors (Lipinski definition) is 12. The van der Waals surface area contributed by atoms with Gasteiger partial charge in [0.15, 0.2) is 0 Å². The first-order valence-corrected chi connectivity index (χ1v) is 28.7. The lowest BCUT2D eigenvalue weighted by Gasteiger charge is -2.19. The van der Waals surface area contributed by atoms with Gasteiger partial charge in [0.1, 0.15) is 45.3 Å². The largest absolute Gasteiger partial charge is 0.507 e. The molecule has 8 aromatic carbocycles. The SMILES string of the molecule is CCCCCCOC(=O)c1cc2cc(-c3ccc4c(-c5c(O)c(C(=O)OCCCCCC)cc6cc(-c7ccc8cc(O)c(C(=O)OCCCCCC)cc8c7)ccc56)c(O)c(C(=O)OCCCCCC)cc4c3)ccc2cc1O. The second kappa shape index (κ2) is 27.7. The van der Waals surface area contributed by atoms with Crippen LogP contribution in [-0.4, -0.2) is 70.7 Å². The first-order valence-electron chi connectivity index (χ1n) is 28.7. The molecule has 418 valence electrons. The number of carbonyl (C=O) groups is 4. The number of ether oxygens (including phenoxy) is 4. The van der Waals surface area contributed by atoms with Crippen LogP contribution < -0.4 is 0 Å². The van der Waals surface area contributed by atoms with E-state index in [9.17, 15) is 39.6 Å². The first kappa shape index (κ1) is 58.0. The summed E-state index contributed by atoms with van der Waals surface area (Å²) in [5, 5.41) is 51.5. The molecule has 0 amide bonds. The summed E-state index contributed by atoms with van der Waals surface area (Å²) in [6.07, 6.45) is 14.4. The predicted molar refractivity (Wildman–Crippen MR) is 317 cm³/mol. The van der Waals surface area contributed by atoms with Gasteiger partial charge in [0.25, 0.3) is 0 Å². The third-order valence-electron chi connectivity index (χ3n) is 14.9. The maximum absolute atomic E-state index is 14.2. The molecule has 0 radical (unpaired) electrons. The number of phenols is 4. The highest BCUT2D eigenvalue weighted by molar-refractivity contribution is 6.17. The van der Waals surface area contributed by atoms with Crippen molar-refractivity contribution in [3.8, 4) is 56.4 Å². The van der Waals surface area contributed by atoms with Crippen molar-refractivity contribution in [1.29, 1.82) is 0 Å². The molecule has 0 fully saturated rings. The van der Waals surface area contributed by atoms with Crippen LogP contribution in [0.5, 0.6) is 23.0 Å². The summed E-state index contributed by atoms with van der Waals surface area (Å²) in [5.41, 5.74) is 2.99. The highest BCUT2D eigenvalue weighted by Crippen LogP contribution is 2.49. The summed E-state index contributed by atoms with van der Waals surface area (Å²) in [6.45, 7) is 9.16. The second-order valence-electron chi connectivity index (χ2n) is 20.8. The Morgan fingerprint density at radius 2 is 0.600 bits per heavy atom. The zero-order chi connectivity index (χ0) is 56.7. The molecule has 12 heteroatoms. The van der Waals surface area contributed by atoms with Crippen LogP contribution in [0.3, 0.4) is 0 Å². The Morgan fingerprint density at radius 1 is 0.312 bits per heavy atom. The van der Waals surface area contributed by atoms with Crippen LogP contribution in [-0.2, 0) is 18.9 Å². The smallest absolute Gasteiger partial charge is 0.341 e. The van der Waals surface area contributed by atoms with E-state index in [2.05, 4.69) is 27.7 Å². The monoisotopic (exact) mass is 1080 g/mol. The van der Waals surface area contributed by atoms with Gasteiger partial charge in [0, 0.05) is 11.1 Å². The Kier molecular flexibility index (Phi) is 20.1. The van der Waals surface area contributed by atoms with E-state index in [1.165, 1.54) is 0 Å². The molecule has 0 saturated carbocycles. The van der Waals surface area contributed by atoms with Crippen molar-refractivity contribution in [2.75, 3.05) is 26.4 Å². The van der Waals surface area contributed by atoms with E-state index in [1.807, 2.05) is 60.7 Å². The van der Waals surface area contributed by atoms with E-state index in [-0.39, 0.29) is 71.3 Å². The molecular formula is C68H74O12. The topological polar surface area (TPSA) is 186 Å². The van der Waals surface area contributed by atoms with Crippen LogP contribution >= 0.6 is 0 Å². The van der Waals surface area contributed by atoms with Gasteiger partial charge >= 0.3 is 23.9 Å². The molecule has 0 heterocycles. The van der Waals surface area contributed by atoms with Crippen molar-refractivity contribution in [2.45, 2.75) is 130 Å². The third-order valence-corrected chi connectivity index (χ3v) is 14.9. The van der Waals surface area contributed by atoms with Crippen LogP contribution in [0.25, 0.3) is 76.5 Å². The molecule has 0 unspecified atom stereocenters. The van der Waals surface area contributed by atoms with Crippen LogP contribution in [0.2, 0.25) is 0 Å². The van der Waals surface area contributed by atoms with E-state index in [4.69, 9.17) is 18.9 Å². The highest BCUT2D eigenvalue weighted by Gasteiger charge is 2.28. The number of esters is 4. The van der Waals surface area contributed by atoms with Gasteiger partial charge < -0.3 is 39.4 Å². The van der Waals surface area contributed by atoms with Gasteiger partial charge in [-0.15, -0.1) is 0 Å². The fraction of sp³-hybridized carbons (Fsp3) is 0.353. The minimum absolute atomic E-state index is 0.0580. The number of unbranched alkanes of at least 4 members (excludes halogenated alkanes) is 12. The Bertz CT molecular complexity index is 3310. The fourth-order valence-electron chi connectivity index (χ4n) is 10.3. The van der Waals surface area contributed by atoms with E-state index in [1.54, 1.807) is 48.5 Å². The number of hydrogen-bond donors (Lipinski definition) is 4. The van der Waals surface area contributed by atoms with E-state index in [0.29, 0.717) is 55.9 Å². The quantitative estimate of drug-likeness (QED) is 0.0217. The van der Waals surface area contributed by atoms with Gasteiger partial charge in [-0.3, -0.25) is 0 Å². The lowest BCUT2D eigenvalue weighted by atomic mass is 9.87. The van der Waals surface area contributed by atoms with Gasteiger partial charge in [0.2, 0.25) is 0 Å². The summed E-state index contributed by atoms with van der Waals surface area (Å²) in [5.74, 6) is -3.99. The lowest BCUT2D eigenvalue weighted by Crippen LogP contribution is -2.09. The zero-order valence-corrected chi connectivity index (χ0v) is 46.6. The maximum Gasteiger partial charge on any atom is 0.341 e. The number of phenolic OH excluding ortho intramolecular Hbond substituents is 4. The number of rotatable bonds is 27. The van der Waals surface area contributed by atoms with Crippen molar-refractivity contribution >= 4 is 67.0 Å². The number of fused-ring (bicyclic) bond motifs is 4. The van der Waals surface area contributed by atoms with Crippen LogP contribution in [0.4, 0.5) is 0 Å². The Labute approximate surface area is 468 Å². The second-order valence-corrected chi connectivity index (χ2v) is 20.8. The maximum atomic E-state index is 14.2. The molecule has 0 aromatic heterocycles. The Hall–Kier alpha value is -8.12. The van der Waals surface area contributed by atoms with Crippen LogP contribution in [0.1, 0.15) is 172 Å². The molecule has 0 bridgehead atoms. The molecule has 0 atom stereocenters. The average molecular weight is 1080 g/mol. The normalized spacial score (nSPS) is 11.4. The van der Waals surface area contributed by atoms with Gasteiger partial charge in [0.05, 0.1) is 26.4 Å². The van der Waals surface area contributed by atoms with E-state index >= 15 is 0 Å². The summed E-state index contributed by atoms with van der Waals surface area (Å²) in [4.78, 5) is 54.7. The molecule has 80 heavy (non-hydrogen) atoms. The predicted octanol–water partition coefficient (Wildman–Crippen LogP) is 17.1. The fourth-order valence-corrected chi connectivity index (χ4v) is 10.3. The highest BCUT2D eigenvalue weighted by atomic mass is 16.5. The van der Waals surface area contributed by atoms with Gasteiger partial charge in [-0.25, -0.2) is 19.2 Å². The van der Waals surface area contributed by atoms with Crippen molar-refractivity contribution in [3.05, 3.63) is 131 Å². The molecule has 12 nitrogen and oxygen atoms in total. The molecule has 0 aliphatic carbocycles. The van der Waals surface area contributed by atoms with Crippen LogP contribution in [0, 0.1) is 0 Å². The average Bonchev–Trinajstić information content (AvgIpc) is 3.49. The summed E-state index contributed by atoms with van der Waals surface area (Å²) in [6, 6.07) is 31.8. The third kappa shape index (κ3) is 13.6. The van der Waals surface area contributed by atoms with Gasteiger partial charge in [-0.1, -0.05) is 153 Å². The molecule has 8 aromatic rings.